The molecular weight excluding hydrogens is 312 g/mol. The Balaban J connectivity index is 1.69. The number of anilines is 1. The maximum absolute atomic E-state index is 12.7. The highest BCUT2D eigenvalue weighted by Gasteiger charge is 2.18. The molecule has 126 valence electrons. The maximum atomic E-state index is 12.7. The highest BCUT2D eigenvalue weighted by Crippen LogP contribution is 2.22. The van der Waals surface area contributed by atoms with Crippen LogP contribution in [0.5, 0.6) is 0 Å². The van der Waals surface area contributed by atoms with Gasteiger partial charge in [-0.1, -0.05) is 12.1 Å². The molecule has 2 aromatic carbocycles. The number of benzene rings is 2. The van der Waals surface area contributed by atoms with E-state index in [9.17, 15) is 4.79 Å². The number of rotatable bonds is 2. The molecule has 5 nitrogen and oxygen atoms in total. The molecule has 1 fully saturated rings. The van der Waals surface area contributed by atoms with Crippen molar-refractivity contribution in [1.82, 2.24) is 14.9 Å². The van der Waals surface area contributed by atoms with Gasteiger partial charge in [0.2, 0.25) is 0 Å². The Morgan fingerprint density at radius 1 is 0.960 bits per heavy atom. The number of nitrogens with zero attached hydrogens (tertiary/aromatic N) is 3. The van der Waals surface area contributed by atoms with Crippen molar-refractivity contribution < 1.29 is 4.79 Å². The van der Waals surface area contributed by atoms with E-state index in [1.807, 2.05) is 47.4 Å². The lowest BCUT2D eigenvalue weighted by Crippen LogP contribution is -2.35. The molecule has 25 heavy (non-hydrogen) atoms. The van der Waals surface area contributed by atoms with Crippen LogP contribution >= 0.6 is 0 Å². The summed E-state index contributed by atoms with van der Waals surface area (Å²) in [6.07, 6.45) is 5.12. The standard InChI is InChI=1S/C20H20N4O/c21-16-7-4-14(5-8-16)19-13-22-17-9-6-15(12-18(17)23-19)20(25)24-10-2-1-3-11-24/h4-9,12-13H,1-3,10-11,21H2. The fraction of sp³-hybridized carbons (Fsp3) is 0.250. The van der Waals surface area contributed by atoms with Crippen LogP contribution in [0.25, 0.3) is 22.3 Å². The third kappa shape index (κ3) is 3.18. The molecule has 0 atom stereocenters. The SMILES string of the molecule is Nc1ccc(-c2cnc3ccc(C(=O)N4CCCCC4)cc3n2)cc1. The largest absolute Gasteiger partial charge is 0.399 e. The third-order valence-electron chi connectivity index (χ3n) is 4.64. The zero-order valence-corrected chi connectivity index (χ0v) is 14.0. The quantitative estimate of drug-likeness (QED) is 0.729. The molecule has 1 saturated heterocycles. The van der Waals surface area contributed by atoms with E-state index in [1.165, 1.54) is 6.42 Å². The van der Waals surface area contributed by atoms with Gasteiger partial charge in [0.15, 0.2) is 0 Å². The average molecular weight is 332 g/mol. The molecule has 1 aliphatic heterocycles. The van der Waals surface area contributed by atoms with Crippen molar-refractivity contribution in [3.8, 4) is 11.3 Å². The van der Waals surface area contributed by atoms with Gasteiger partial charge >= 0.3 is 0 Å². The molecule has 2 heterocycles. The Hall–Kier alpha value is -2.95. The average Bonchev–Trinajstić information content (AvgIpc) is 2.68. The van der Waals surface area contributed by atoms with Crippen LogP contribution in [0, 0.1) is 0 Å². The number of likely N-dealkylation sites (tertiary alicyclic amines) is 1. The summed E-state index contributed by atoms with van der Waals surface area (Å²) in [7, 11) is 0. The second-order valence-electron chi connectivity index (χ2n) is 6.43. The highest BCUT2D eigenvalue weighted by molar-refractivity contribution is 5.97. The number of amides is 1. The topological polar surface area (TPSA) is 72.1 Å². The van der Waals surface area contributed by atoms with Crippen LogP contribution < -0.4 is 5.73 Å². The van der Waals surface area contributed by atoms with Crippen molar-refractivity contribution in [3.05, 3.63) is 54.2 Å². The second kappa shape index (κ2) is 6.51. The van der Waals surface area contributed by atoms with E-state index in [-0.39, 0.29) is 5.91 Å². The van der Waals surface area contributed by atoms with E-state index < -0.39 is 0 Å². The molecule has 0 spiro atoms. The maximum Gasteiger partial charge on any atom is 0.253 e. The van der Waals surface area contributed by atoms with Gasteiger partial charge < -0.3 is 10.6 Å². The van der Waals surface area contributed by atoms with E-state index >= 15 is 0 Å². The second-order valence-corrected chi connectivity index (χ2v) is 6.43. The van der Waals surface area contributed by atoms with Crippen molar-refractivity contribution in [2.45, 2.75) is 19.3 Å². The van der Waals surface area contributed by atoms with Crippen LogP contribution in [-0.4, -0.2) is 33.9 Å². The number of carbonyl (C=O) groups excluding carboxylic acids is 1. The van der Waals surface area contributed by atoms with Crippen LogP contribution in [0.15, 0.2) is 48.7 Å². The summed E-state index contributed by atoms with van der Waals surface area (Å²) in [4.78, 5) is 23.8. The Kier molecular flexibility index (Phi) is 4.06. The lowest BCUT2D eigenvalue weighted by Gasteiger charge is -2.26. The highest BCUT2D eigenvalue weighted by atomic mass is 16.2. The summed E-state index contributed by atoms with van der Waals surface area (Å²) in [5.74, 6) is 0.0845. The van der Waals surface area contributed by atoms with E-state index in [2.05, 4.69) is 9.97 Å². The third-order valence-corrected chi connectivity index (χ3v) is 4.64. The number of fused-ring (bicyclic) bond motifs is 1. The smallest absolute Gasteiger partial charge is 0.253 e. The van der Waals surface area contributed by atoms with E-state index in [4.69, 9.17) is 5.73 Å². The number of aromatic nitrogens is 2. The van der Waals surface area contributed by atoms with Gasteiger partial charge in [-0.05, 0) is 49.6 Å². The molecule has 5 heteroatoms. The molecule has 2 N–H and O–H groups in total. The fourth-order valence-electron chi connectivity index (χ4n) is 3.22. The normalized spacial score (nSPS) is 14.6. The van der Waals surface area contributed by atoms with Gasteiger partial charge in [-0.3, -0.25) is 9.78 Å². The predicted molar refractivity (Wildman–Crippen MR) is 99.1 cm³/mol. The molecule has 1 aromatic heterocycles. The number of nitrogen functional groups attached to an aromatic ring is 1. The van der Waals surface area contributed by atoms with Crippen molar-refractivity contribution in [2.75, 3.05) is 18.8 Å². The van der Waals surface area contributed by atoms with Crippen LogP contribution in [0.2, 0.25) is 0 Å². The van der Waals surface area contributed by atoms with Crippen LogP contribution in [0.1, 0.15) is 29.6 Å². The minimum Gasteiger partial charge on any atom is -0.399 e. The monoisotopic (exact) mass is 332 g/mol. The zero-order valence-electron chi connectivity index (χ0n) is 14.0. The van der Waals surface area contributed by atoms with Gasteiger partial charge in [-0.2, -0.15) is 0 Å². The minimum absolute atomic E-state index is 0.0845. The van der Waals surface area contributed by atoms with Crippen molar-refractivity contribution in [2.24, 2.45) is 0 Å². The van der Waals surface area contributed by atoms with E-state index in [1.54, 1.807) is 6.20 Å². The summed E-state index contributed by atoms with van der Waals surface area (Å²) in [5, 5.41) is 0. The molecule has 4 rings (SSSR count). The van der Waals surface area contributed by atoms with Gasteiger partial charge in [0.25, 0.3) is 5.91 Å². The molecule has 0 bridgehead atoms. The fourth-order valence-corrected chi connectivity index (χ4v) is 3.22. The first-order valence-corrected chi connectivity index (χ1v) is 8.63. The lowest BCUT2D eigenvalue weighted by molar-refractivity contribution is 0.0724. The lowest BCUT2D eigenvalue weighted by atomic mass is 10.1. The summed E-state index contributed by atoms with van der Waals surface area (Å²) in [6.45, 7) is 1.68. The first kappa shape index (κ1) is 15.6. The number of piperidine rings is 1. The predicted octanol–water partition coefficient (Wildman–Crippen LogP) is 3.51. The Morgan fingerprint density at radius 3 is 2.48 bits per heavy atom. The number of hydrogen-bond donors (Lipinski definition) is 1. The van der Waals surface area contributed by atoms with Crippen molar-refractivity contribution in [1.29, 1.82) is 0 Å². The number of carbonyl (C=O) groups is 1. The first-order chi connectivity index (χ1) is 12.2. The molecule has 1 amide bonds. The molecule has 0 aliphatic carbocycles. The zero-order chi connectivity index (χ0) is 17.2. The van der Waals surface area contributed by atoms with Crippen LogP contribution in [0.3, 0.4) is 0 Å². The molecule has 1 aliphatic rings. The van der Waals surface area contributed by atoms with Crippen molar-refractivity contribution >= 4 is 22.6 Å². The minimum atomic E-state index is 0.0845. The summed E-state index contributed by atoms with van der Waals surface area (Å²) >= 11 is 0. The Bertz CT molecular complexity index is 915. The Labute approximate surface area is 146 Å². The number of nitrogens with two attached hydrogens (primary N) is 1. The van der Waals surface area contributed by atoms with E-state index in [0.29, 0.717) is 11.3 Å². The first-order valence-electron chi connectivity index (χ1n) is 8.63. The van der Waals surface area contributed by atoms with Gasteiger partial charge in [-0.25, -0.2) is 4.98 Å². The number of hydrogen-bond acceptors (Lipinski definition) is 4. The molecule has 0 radical (unpaired) electrons. The molecule has 3 aromatic rings. The van der Waals surface area contributed by atoms with Crippen molar-refractivity contribution in [3.63, 3.8) is 0 Å². The van der Waals surface area contributed by atoms with E-state index in [0.717, 1.165) is 48.2 Å². The molecule has 0 unspecified atom stereocenters. The Morgan fingerprint density at radius 2 is 1.72 bits per heavy atom. The van der Waals surface area contributed by atoms with Gasteiger partial charge in [0, 0.05) is 29.9 Å². The van der Waals surface area contributed by atoms with Gasteiger partial charge in [0.05, 0.1) is 22.9 Å². The van der Waals surface area contributed by atoms with Crippen LogP contribution in [0.4, 0.5) is 5.69 Å². The summed E-state index contributed by atoms with van der Waals surface area (Å²) in [6, 6.07) is 13.1. The van der Waals surface area contributed by atoms with Gasteiger partial charge in [-0.15, -0.1) is 0 Å². The summed E-state index contributed by atoms with van der Waals surface area (Å²) < 4.78 is 0. The molecular formula is C20H20N4O. The van der Waals surface area contributed by atoms with Crippen LogP contribution in [-0.2, 0) is 0 Å². The summed E-state index contributed by atoms with van der Waals surface area (Å²) in [5.41, 5.74) is 10.4. The molecule has 0 saturated carbocycles. The van der Waals surface area contributed by atoms with Gasteiger partial charge in [0.1, 0.15) is 0 Å².